The van der Waals surface area contributed by atoms with Crippen LogP contribution in [0, 0.1) is 41.0 Å². The summed E-state index contributed by atoms with van der Waals surface area (Å²) in [6.45, 7) is 3.87. The molecule has 2 heterocycles. The number of ether oxygens (including phenoxy) is 2. The second-order valence-electron chi connectivity index (χ2n) is 18.2. The first-order valence-corrected chi connectivity index (χ1v) is 22.5. The van der Waals surface area contributed by atoms with Crippen molar-refractivity contribution in [3.8, 4) is 11.5 Å². The van der Waals surface area contributed by atoms with Crippen LogP contribution in [0.5, 0.6) is 11.5 Å². The summed E-state index contributed by atoms with van der Waals surface area (Å²) in [6, 6.07) is 16.6. The van der Waals surface area contributed by atoms with Crippen LogP contribution in [0.3, 0.4) is 0 Å². The van der Waals surface area contributed by atoms with E-state index in [1.165, 1.54) is 56.1 Å². The summed E-state index contributed by atoms with van der Waals surface area (Å²) in [7, 11) is 0. The van der Waals surface area contributed by atoms with Crippen molar-refractivity contribution in [3.05, 3.63) is 95.1 Å². The van der Waals surface area contributed by atoms with Gasteiger partial charge >= 0.3 is 0 Å². The molecule has 9 nitrogen and oxygen atoms in total. The summed E-state index contributed by atoms with van der Waals surface area (Å²) >= 11 is 0. The molecule has 3 saturated carbocycles. The van der Waals surface area contributed by atoms with Gasteiger partial charge in [0.05, 0.1) is 24.5 Å². The highest BCUT2D eigenvalue weighted by Crippen LogP contribution is 2.60. The van der Waals surface area contributed by atoms with Gasteiger partial charge in [-0.15, -0.1) is 4.99 Å². The molecule has 0 radical (unpaired) electrons. The monoisotopic (exact) mass is 796 g/mol. The number of rotatable bonds is 21. The Hall–Kier alpha value is -3.47. The number of nitrogens with zero attached hydrogens (tertiary/aromatic N) is 1. The molecule has 3 aliphatic carbocycles. The number of benzene rings is 2. The third-order valence-corrected chi connectivity index (χ3v) is 14.0. The van der Waals surface area contributed by atoms with E-state index in [2.05, 4.69) is 41.7 Å². The summed E-state index contributed by atoms with van der Waals surface area (Å²) in [5, 5.41) is 45.8. The number of aromatic hydroxyl groups is 1. The van der Waals surface area contributed by atoms with Crippen molar-refractivity contribution in [1.29, 1.82) is 0 Å². The van der Waals surface area contributed by atoms with E-state index in [0.29, 0.717) is 66.8 Å². The number of aryl methyl sites for hydroxylation is 1. The molecule has 7 atom stereocenters. The van der Waals surface area contributed by atoms with Gasteiger partial charge in [-0.1, -0.05) is 87.1 Å². The zero-order valence-corrected chi connectivity index (χ0v) is 34.8. The molecule has 0 bridgehead atoms. The molecule has 1 unspecified atom stereocenters. The molecule has 7 rings (SSSR count). The molecule has 7 N–H and O–H groups in total. The quantitative estimate of drug-likeness (QED) is 0.0560. The van der Waals surface area contributed by atoms with Crippen LogP contribution in [0.4, 0.5) is 0 Å². The van der Waals surface area contributed by atoms with Crippen LogP contribution >= 0.6 is 0 Å². The van der Waals surface area contributed by atoms with E-state index < -0.39 is 12.2 Å². The molecule has 1 spiro atoms. The number of fused-ring (bicyclic) bond motifs is 3. The average molecular weight is 796 g/mol. The average Bonchev–Trinajstić information content (AvgIpc) is 4.05. The first-order chi connectivity index (χ1) is 28.2. The highest BCUT2D eigenvalue weighted by molar-refractivity contribution is 6.04. The number of hydrogen-bond acceptors (Lipinski definition) is 9. The Morgan fingerprint density at radius 3 is 2.64 bits per heavy atom. The highest BCUT2D eigenvalue weighted by Gasteiger charge is 2.57. The standard InChI is InChI=1S/C49H69N3O6/c1-33(54)29-51-30-41-39-14-10-15-42(39)49(21-8-9-22-49)27-44-40(41)26-43(52-44)46(56)32-57-48-24-35(18-20-45(48)55)17-19-38-25-37(31-53)47(58-38)16-7-3-6-13-36(28-50)23-34-11-4-2-5-12-34/h2,4-5,11-12,18,20,24-26,33,36,39,41-42,46-47,51,53-56H,3,6-10,13-17,19,21-23,27-32,50H2,1H3/t33-,36-,39-,41+,42-,46-,47?/m0/s1. The van der Waals surface area contributed by atoms with E-state index in [9.17, 15) is 20.4 Å². The largest absolute Gasteiger partial charge is 0.592 e. The predicted molar refractivity (Wildman–Crippen MR) is 230 cm³/mol. The molecular weight excluding hydrogens is 727 g/mol. The minimum atomic E-state index is -0.933. The number of nitrogens with one attached hydrogen (secondary N) is 1. The molecule has 5 aliphatic rings. The first kappa shape index (κ1) is 42.6. The zero-order chi connectivity index (χ0) is 40.5. The van der Waals surface area contributed by atoms with Crippen molar-refractivity contribution in [2.24, 2.45) is 39.8 Å². The number of aliphatic hydroxyl groups is 3. The van der Waals surface area contributed by atoms with Crippen molar-refractivity contribution < 1.29 is 29.9 Å². The van der Waals surface area contributed by atoms with Crippen LogP contribution < -0.4 is 15.8 Å². The molecule has 0 aromatic heterocycles. The number of hydrogen-bond donors (Lipinski definition) is 6. The Kier molecular flexibility index (Phi) is 14.8. The Morgan fingerprint density at radius 1 is 1.03 bits per heavy atom. The third kappa shape index (κ3) is 10.5. The van der Waals surface area contributed by atoms with E-state index in [-0.39, 0.29) is 25.1 Å². The Morgan fingerprint density at radius 2 is 1.86 bits per heavy atom. The maximum atomic E-state index is 11.5. The maximum Gasteiger partial charge on any atom is 0.190 e. The molecule has 2 aliphatic heterocycles. The van der Waals surface area contributed by atoms with Crippen molar-refractivity contribution in [2.45, 2.75) is 128 Å². The minimum absolute atomic E-state index is 0.0102. The Labute approximate surface area is 347 Å². The van der Waals surface area contributed by atoms with E-state index in [4.69, 9.17) is 20.2 Å². The molecule has 58 heavy (non-hydrogen) atoms. The van der Waals surface area contributed by atoms with E-state index >= 15 is 0 Å². The van der Waals surface area contributed by atoms with Crippen molar-refractivity contribution in [1.82, 2.24) is 5.32 Å². The smallest absolute Gasteiger partial charge is 0.190 e. The molecule has 2 aromatic rings. The SMILES string of the molecule is C[C@H](O)CNC[C@H]1C2=C[C+]([C@@H](O)COc3cc(CCC4=C[C-](CO)C(CCCCC[C@H](CN)Cc5ccccc5)O4)ccc3O)N=C2CC2(CCCC2)[C@H]2CCC[C@@H]12. The van der Waals surface area contributed by atoms with Crippen LogP contribution in [-0.4, -0.2) is 77.3 Å². The predicted octanol–water partition coefficient (Wildman–Crippen LogP) is 7.56. The molecule has 316 valence electrons. The van der Waals surface area contributed by atoms with Gasteiger partial charge in [0.1, 0.15) is 12.2 Å². The van der Waals surface area contributed by atoms with Crippen molar-refractivity contribution in [2.75, 3.05) is 32.8 Å². The lowest BCUT2D eigenvalue weighted by Crippen LogP contribution is -2.37. The molecule has 3 fully saturated rings. The normalized spacial score (nSPS) is 25.1. The molecule has 0 amide bonds. The number of nitrogens with two attached hydrogens (primary N) is 1. The lowest BCUT2D eigenvalue weighted by Gasteiger charge is -2.37. The van der Waals surface area contributed by atoms with Crippen LogP contribution in [0.25, 0.3) is 0 Å². The first-order valence-electron chi connectivity index (χ1n) is 22.5. The highest BCUT2D eigenvalue weighted by atomic mass is 16.5. The van der Waals surface area contributed by atoms with Crippen LogP contribution in [0.1, 0.15) is 108 Å². The van der Waals surface area contributed by atoms with Crippen LogP contribution in [0.15, 0.2) is 77.0 Å². The minimum Gasteiger partial charge on any atom is -0.592 e. The summed E-state index contributed by atoms with van der Waals surface area (Å²) in [6.07, 6.45) is 20.3. The van der Waals surface area contributed by atoms with Crippen molar-refractivity contribution in [3.63, 3.8) is 0 Å². The molecule has 0 saturated heterocycles. The van der Waals surface area contributed by atoms with Gasteiger partial charge in [-0.25, -0.2) is 0 Å². The number of unbranched alkanes of at least 4 members (excludes halogenated alkanes) is 2. The van der Waals surface area contributed by atoms with E-state index in [0.717, 1.165) is 74.4 Å². The van der Waals surface area contributed by atoms with Gasteiger partial charge in [0.25, 0.3) is 0 Å². The Bertz CT molecular complexity index is 1700. The number of aliphatic imine (C=N–C) groups is 1. The topological polar surface area (TPSA) is 150 Å². The summed E-state index contributed by atoms with van der Waals surface area (Å²) in [4.78, 5) is 5.13. The van der Waals surface area contributed by atoms with Gasteiger partial charge in [0.2, 0.25) is 0 Å². The zero-order valence-electron chi connectivity index (χ0n) is 34.8. The van der Waals surface area contributed by atoms with E-state index in [1.54, 1.807) is 6.07 Å². The van der Waals surface area contributed by atoms with Crippen LogP contribution in [-0.2, 0) is 17.6 Å². The van der Waals surface area contributed by atoms with Gasteiger partial charge in [0.15, 0.2) is 29.4 Å². The number of allylic oxidation sites excluding steroid dienone is 1. The second-order valence-corrected chi connectivity index (χ2v) is 18.2. The summed E-state index contributed by atoms with van der Waals surface area (Å²) in [5.41, 5.74) is 11.1. The second kappa shape index (κ2) is 20.2. The molecule has 2 aromatic carbocycles. The lowest BCUT2D eigenvalue weighted by molar-refractivity contribution is 0.113. The van der Waals surface area contributed by atoms with Gasteiger partial charge < -0.3 is 41.0 Å². The Balaban J connectivity index is 0.896. The van der Waals surface area contributed by atoms with E-state index in [1.807, 2.05) is 25.1 Å². The molecule has 9 heteroatoms. The molecular formula is C49H69N3O6. The van der Waals surface area contributed by atoms with Gasteiger partial charge in [-0.05, 0) is 111 Å². The maximum absolute atomic E-state index is 11.5. The summed E-state index contributed by atoms with van der Waals surface area (Å²) < 4.78 is 12.4. The number of aliphatic hydroxyl groups excluding tert-OH is 3. The third-order valence-electron chi connectivity index (χ3n) is 14.0. The van der Waals surface area contributed by atoms with Crippen molar-refractivity contribution >= 4 is 5.71 Å². The fourth-order valence-corrected chi connectivity index (χ4v) is 11.0. The number of phenols is 1. The fourth-order valence-electron chi connectivity index (χ4n) is 11.0. The lowest BCUT2D eigenvalue weighted by atomic mass is 9.66. The summed E-state index contributed by atoms with van der Waals surface area (Å²) in [5.74, 6) is 4.28. The fraction of sp³-hybridized carbons (Fsp3) is 0.612. The van der Waals surface area contributed by atoms with Gasteiger partial charge in [0, 0.05) is 25.8 Å². The van der Waals surface area contributed by atoms with Gasteiger partial charge in [-0.2, -0.15) is 12.0 Å². The van der Waals surface area contributed by atoms with Crippen LogP contribution in [0.2, 0.25) is 0 Å². The number of phenolic OH excluding ortho intramolecular Hbond substituents is 1. The van der Waals surface area contributed by atoms with Gasteiger partial charge in [-0.3, -0.25) is 0 Å².